The molecular formula is C14H20Cl2N2O. The molecule has 0 aliphatic carbocycles. The third kappa shape index (κ3) is 4.25. The van der Waals surface area contributed by atoms with Crippen molar-refractivity contribution in [2.75, 3.05) is 39.8 Å². The fourth-order valence-corrected chi connectivity index (χ4v) is 2.98. The molecule has 1 unspecified atom stereocenters. The number of nitrogens with one attached hydrogen (secondary N) is 1. The van der Waals surface area contributed by atoms with Gasteiger partial charge >= 0.3 is 0 Å². The summed E-state index contributed by atoms with van der Waals surface area (Å²) in [5, 5.41) is 4.38. The molecule has 1 atom stereocenters. The summed E-state index contributed by atoms with van der Waals surface area (Å²) in [6.45, 7) is 4.91. The number of para-hydroxylation sites is 1. The topological polar surface area (TPSA) is 24.5 Å². The van der Waals surface area contributed by atoms with Crippen molar-refractivity contribution in [3.63, 3.8) is 0 Å². The molecule has 0 aromatic heterocycles. The van der Waals surface area contributed by atoms with E-state index < -0.39 is 0 Å². The summed E-state index contributed by atoms with van der Waals surface area (Å²) >= 11 is 12.1. The summed E-state index contributed by atoms with van der Waals surface area (Å²) in [5.74, 6) is 1.35. The van der Waals surface area contributed by atoms with Crippen LogP contribution in [0.2, 0.25) is 10.0 Å². The van der Waals surface area contributed by atoms with Crippen LogP contribution in [0.15, 0.2) is 18.2 Å². The molecule has 1 aromatic carbocycles. The van der Waals surface area contributed by atoms with Gasteiger partial charge in [-0.05, 0) is 44.6 Å². The molecule has 1 fully saturated rings. The highest BCUT2D eigenvalue weighted by Crippen LogP contribution is 2.32. The largest absolute Gasteiger partial charge is 0.489 e. The fourth-order valence-electron chi connectivity index (χ4n) is 2.47. The van der Waals surface area contributed by atoms with Crippen molar-refractivity contribution in [3.8, 4) is 5.75 Å². The predicted octanol–water partition coefficient (Wildman–Crippen LogP) is 2.91. The molecule has 2 rings (SSSR count). The van der Waals surface area contributed by atoms with E-state index in [1.165, 1.54) is 6.42 Å². The van der Waals surface area contributed by atoms with E-state index >= 15 is 0 Å². The van der Waals surface area contributed by atoms with Crippen LogP contribution in [0.5, 0.6) is 5.75 Å². The number of rotatable bonds is 6. The Hall–Kier alpha value is -0.480. The monoisotopic (exact) mass is 302 g/mol. The Morgan fingerprint density at radius 2 is 2.11 bits per heavy atom. The van der Waals surface area contributed by atoms with E-state index in [1.807, 2.05) is 13.1 Å². The van der Waals surface area contributed by atoms with Gasteiger partial charge in [0, 0.05) is 13.1 Å². The third-order valence-electron chi connectivity index (χ3n) is 3.44. The smallest absolute Gasteiger partial charge is 0.156 e. The second-order valence-corrected chi connectivity index (χ2v) is 5.73. The molecular weight excluding hydrogens is 283 g/mol. The van der Waals surface area contributed by atoms with E-state index in [0.717, 1.165) is 32.1 Å². The maximum absolute atomic E-state index is 6.06. The highest BCUT2D eigenvalue weighted by Gasteiger charge is 2.21. The van der Waals surface area contributed by atoms with E-state index in [1.54, 1.807) is 12.1 Å². The highest BCUT2D eigenvalue weighted by atomic mass is 35.5. The summed E-state index contributed by atoms with van der Waals surface area (Å²) < 4.78 is 5.70. The number of likely N-dealkylation sites (tertiary alicyclic amines) is 1. The summed E-state index contributed by atoms with van der Waals surface area (Å²) in [5.41, 5.74) is 0. The van der Waals surface area contributed by atoms with Crippen molar-refractivity contribution in [1.82, 2.24) is 10.2 Å². The van der Waals surface area contributed by atoms with E-state index in [4.69, 9.17) is 27.9 Å². The van der Waals surface area contributed by atoms with Crippen LogP contribution in [0.1, 0.15) is 6.42 Å². The van der Waals surface area contributed by atoms with Crippen LogP contribution in [0, 0.1) is 5.92 Å². The van der Waals surface area contributed by atoms with E-state index in [-0.39, 0.29) is 0 Å². The number of hydrogen-bond acceptors (Lipinski definition) is 3. The number of hydrogen-bond donors (Lipinski definition) is 1. The lowest BCUT2D eigenvalue weighted by Crippen LogP contribution is -2.28. The lowest BCUT2D eigenvalue weighted by Gasteiger charge is -2.17. The molecule has 5 heteroatoms. The second kappa shape index (κ2) is 7.34. The highest BCUT2D eigenvalue weighted by molar-refractivity contribution is 6.37. The lowest BCUT2D eigenvalue weighted by atomic mass is 10.1. The third-order valence-corrected chi connectivity index (χ3v) is 4.03. The van der Waals surface area contributed by atoms with Crippen LogP contribution >= 0.6 is 23.2 Å². The Bertz CT molecular complexity index is 394. The van der Waals surface area contributed by atoms with Gasteiger partial charge in [0.15, 0.2) is 5.75 Å². The second-order valence-electron chi connectivity index (χ2n) is 4.91. The number of benzene rings is 1. The Kier molecular flexibility index (Phi) is 5.76. The van der Waals surface area contributed by atoms with Gasteiger partial charge in [0.2, 0.25) is 0 Å². The molecule has 19 heavy (non-hydrogen) atoms. The molecule has 106 valence electrons. The van der Waals surface area contributed by atoms with Crippen LogP contribution in [-0.4, -0.2) is 44.7 Å². The normalized spacial score (nSPS) is 19.8. The fraction of sp³-hybridized carbons (Fsp3) is 0.571. The molecule has 0 radical (unpaired) electrons. The zero-order valence-corrected chi connectivity index (χ0v) is 12.7. The Labute approximate surface area is 124 Å². The van der Waals surface area contributed by atoms with E-state index in [9.17, 15) is 0 Å². The van der Waals surface area contributed by atoms with Gasteiger partial charge in [-0.25, -0.2) is 0 Å². The van der Waals surface area contributed by atoms with Crippen LogP contribution < -0.4 is 10.1 Å². The van der Waals surface area contributed by atoms with Gasteiger partial charge in [-0.2, -0.15) is 0 Å². The summed E-state index contributed by atoms with van der Waals surface area (Å²) in [7, 11) is 2.01. The number of halogens is 2. The summed E-state index contributed by atoms with van der Waals surface area (Å²) in [4.78, 5) is 2.42. The maximum atomic E-state index is 6.06. The van der Waals surface area contributed by atoms with Crippen LogP contribution in [0.3, 0.4) is 0 Å². The minimum absolute atomic E-state index is 0.571. The molecule has 0 amide bonds. The zero-order valence-electron chi connectivity index (χ0n) is 11.2. The first-order valence-corrected chi connectivity index (χ1v) is 7.40. The standard InChI is InChI=1S/C14H20Cl2N2O/c1-17-9-11-5-6-18(10-11)7-8-19-14-12(15)3-2-4-13(14)16/h2-4,11,17H,5-10H2,1H3. The van der Waals surface area contributed by atoms with Gasteiger partial charge in [-0.1, -0.05) is 29.3 Å². The van der Waals surface area contributed by atoms with E-state index in [0.29, 0.717) is 22.4 Å². The van der Waals surface area contributed by atoms with Gasteiger partial charge in [0.25, 0.3) is 0 Å². The van der Waals surface area contributed by atoms with Crippen molar-refractivity contribution in [2.45, 2.75) is 6.42 Å². The molecule has 0 spiro atoms. The first kappa shape index (κ1) is 14.9. The first-order valence-electron chi connectivity index (χ1n) is 6.64. The molecule has 0 bridgehead atoms. The molecule has 1 aliphatic rings. The minimum Gasteiger partial charge on any atom is -0.489 e. The molecule has 1 saturated heterocycles. The van der Waals surface area contributed by atoms with Crippen LogP contribution in [0.4, 0.5) is 0 Å². The quantitative estimate of drug-likeness (QED) is 0.874. The Morgan fingerprint density at radius 3 is 2.79 bits per heavy atom. The molecule has 3 nitrogen and oxygen atoms in total. The summed E-state index contributed by atoms with van der Waals surface area (Å²) in [6, 6.07) is 5.41. The van der Waals surface area contributed by atoms with Crippen LogP contribution in [0.25, 0.3) is 0 Å². The van der Waals surface area contributed by atoms with E-state index in [2.05, 4.69) is 10.2 Å². The van der Waals surface area contributed by atoms with Crippen molar-refractivity contribution < 1.29 is 4.74 Å². The average Bonchev–Trinajstić information content (AvgIpc) is 2.81. The molecule has 1 heterocycles. The number of nitrogens with zero attached hydrogens (tertiary/aromatic N) is 1. The van der Waals surface area contributed by atoms with Gasteiger partial charge in [0.1, 0.15) is 6.61 Å². The molecule has 1 N–H and O–H groups in total. The summed E-state index contributed by atoms with van der Waals surface area (Å²) in [6.07, 6.45) is 1.26. The molecule has 0 saturated carbocycles. The zero-order chi connectivity index (χ0) is 13.7. The first-order chi connectivity index (χ1) is 9.20. The SMILES string of the molecule is CNCC1CCN(CCOc2c(Cl)cccc2Cl)C1. The van der Waals surface area contributed by atoms with Crippen molar-refractivity contribution in [1.29, 1.82) is 0 Å². The number of ether oxygens (including phenoxy) is 1. The van der Waals surface area contributed by atoms with Gasteiger partial charge in [-0.15, -0.1) is 0 Å². The van der Waals surface area contributed by atoms with Crippen LogP contribution in [-0.2, 0) is 0 Å². The minimum atomic E-state index is 0.571. The Balaban J connectivity index is 1.75. The van der Waals surface area contributed by atoms with Gasteiger partial charge < -0.3 is 10.1 Å². The molecule has 1 aliphatic heterocycles. The van der Waals surface area contributed by atoms with Gasteiger partial charge in [0.05, 0.1) is 10.0 Å². The van der Waals surface area contributed by atoms with Gasteiger partial charge in [-0.3, -0.25) is 4.90 Å². The lowest BCUT2D eigenvalue weighted by molar-refractivity contribution is 0.233. The average molecular weight is 303 g/mol. The molecule has 1 aromatic rings. The maximum Gasteiger partial charge on any atom is 0.156 e. The predicted molar refractivity (Wildman–Crippen MR) is 80.4 cm³/mol. The van der Waals surface area contributed by atoms with Crippen molar-refractivity contribution >= 4 is 23.2 Å². The Morgan fingerprint density at radius 1 is 1.37 bits per heavy atom. The van der Waals surface area contributed by atoms with Crippen molar-refractivity contribution in [3.05, 3.63) is 28.2 Å². The van der Waals surface area contributed by atoms with Crippen molar-refractivity contribution in [2.24, 2.45) is 5.92 Å².